The van der Waals surface area contributed by atoms with Crippen LogP contribution in [0.4, 0.5) is 0 Å². The zero-order valence-corrected chi connectivity index (χ0v) is 7.47. The van der Waals surface area contributed by atoms with Crippen molar-refractivity contribution in [2.24, 2.45) is 4.99 Å². The Balaban J connectivity index is 2.81. The highest BCUT2D eigenvalue weighted by Crippen LogP contribution is 2.07. The standard InChI is InChI=1S/C8H12BNO3/c1-13-8-5-3-2-4-7(6-10-8)9(11)12/h2,4,6,11-12H,3,5H2,1H3/b4-2-,7-6+,10-8?. The molecule has 0 atom stereocenters. The van der Waals surface area contributed by atoms with E-state index in [-0.39, 0.29) is 0 Å². The van der Waals surface area contributed by atoms with E-state index in [0.717, 1.165) is 12.8 Å². The number of hydrogen-bond donors (Lipinski definition) is 2. The average Bonchev–Trinajstić information content (AvgIpc) is 2.03. The van der Waals surface area contributed by atoms with Crippen molar-refractivity contribution in [2.75, 3.05) is 7.11 Å². The summed E-state index contributed by atoms with van der Waals surface area (Å²) in [6.07, 6.45) is 6.44. The first-order valence-electron chi connectivity index (χ1n) is 4.07. The quantitative estimate of drug-likeness (QED) is 0.571. The van der Waals surface area contributed by atoms with Gasteiger partial charge in [0.2, 0.25) is 0 Å². The van der Waals surface area contributed by atoms with E-state index in [4.69, 9.17) is 14.8 Å². The van der Waals surface area contributed by atoms with Crippen LogP contribution in [-0.4, -0.2) is 30.2 Å². The fourth-order valence-electron chi connectivity index (χ4n) is 0.988. The van der Waals surface area contributed by atoms with E-state index >= 15 is 0 Å². The van der Waals surface area contributed by atoms with Crippen LogP contribution in [0.25, 0.3) is 0 Å². The van der Waals surface area contributed by atoms with E-state index in [0.29, 0.717) is 11.4 Å². The van der Waals surface area contributed by atoms with Crippen LogP contribution in [0.5, 0.6) is 0 Å². The van der Waals surface area contributed by atoms with Gasteiger partial charge in [0.25, 0.3) is 0 Å². The summed E-state index contributed by atoms with van der Waals surface area (Å²) in [7, 11) is 0.0729. The number of hydrogen-bond acceptors (Lipinski definition) is 4. The SMILES string of the molecule is COC1=N/C=C(B(O)O)\C=C/CC1. The molecule has 0 fully saturated rings. The van der Waals surface area contributed by atoms with E-state index in [1.54, 1.807) is 13.2 Å². The molecule has 0 spiro atoms. The van der Waals surface area contributed by atoms with Crippen LogP contribution in [0.3, 0.4) is 0 Å². The molecule has 5 heteroatoms. The second-order valence-electron chi connectivity index (χ2n) is 2.67. The summed E-state index contributed by atoms with van der Waals surface area (Å²) in [4.78, 5) is 3.97. The molecule has 0 radical (unpaired) electrons. The smallest absolute Gasteiger partial charge is 0.484 e. The van der Waals surface area contributed by atoms with Gasteiger partial charge in [0.05, 0.1) is 7.11 Å². The fraction of sp³-hybridized carbons (Fsp3) is 0.375. The molecular weight excluding hydrogens is 169 g/mol. The zero-order chi connectivity index (χ0) is 9.68. The normalized spacial score (nSPS) is 23.3. The highest BCUT2D eigenvalue weighted by molar-refractivity contribution is 6.51. The third kappa shape index (κ3) is 3.04. The van der Waals surface area contributed by atoms with Gasteiger partial charge in [-0.25, -0.2) is 4.99 Å². The first kappa shape index (κ1) is 10.0. The number of rotatable bonds is 1. The van der Waals surface area contributed by atoms with E-state index in [9.17, 15) is 0 Å². The van der Waals surface area contributed by atoms with Gasteiger partial charge in [-0.3, -0.25) is 0 Å². The molecule has 1 rings (SSSR count). The molecule has 0 aromatic rings. The molecule has 1 aliphatic heterocycles. The summed E-state index contributed by atoms with van der Waals surface area (Å²) >= 11 is 0. The zero-order valence-electron chi connectivity index (χ0n) is 7.47. The van der Waals surface area contributed by atoms with Crippen molar-refractivity contribution in [3.8, 4) is 0 Å². The summed E-state index contributed by atoms with van der Waals surface area (Å²) < 4.78 is 4.96. The maximum absolute atomic E-state index is 8.88. The molecule has 0 saturated carbocycles. The van der Waals surface area contributed by atoms with Gasteiger partial charge >= 0.3 is 7.12 Å². The van der Waals surface area contributed by atoms with E-state index in [1.807, 2.05) is 6.08 Å². The van der Waals surface area contributed by atoms with Gasteiger partial charge in [-0.15, -0.1) is 0 Å². The Morgan fingerprint density at radius 1 is 1.54 bits per heavy atom. The molecule has 13 heavy (non-hydrogen) atoms. The van der Waals surface area contributed by atoms with Crippen molar-refractivity contribution in [1.82, 2.24) is 0 Å². The minimum absolute atomic E-state index is 0.370. The minimum atomic E-state index is -1.48. The predicted octanol–water partition coefficient (Wildman–Crippen LogP) is 0.277. The maximum Gasteiger partial charge on any atom is 0.489 e. The molecule has 4 nitrogen and oxygen atoms in total. The summed E-state index contributed by atoms with van der Waals surface area (Å²) in [5.41, 5.74) is 0.370. The van der Waals surface area contributed by atoms with Crippen LogP contribution < -0.4 is 0 Å². The summed E-state index contributed by atoms with van der Waals surface area (Å²) in [5.74, 6) is 0.600. The molecule has 1 aliphatic rings. The van der Waals surface area contributed by atoms with E-state index in [1.165, 1.54) is 6.20 Å². The number of aliphatic imine (C=N–C) groups is 1. The highest BCUT2D eigenvalue weighted by atomic mass is 16.5. The Hall–Kier alpha value is -1.07. The minimum Gasteiger partial charge on any atom is -0.484 e. The number of ether oxygens (including phenoxy) is 1. The molecule has 0 unspecified atom stereocenters. The highest BCUT2D eigenvalue weighted by Gasteiger charge is 2.12. The lowest BCUT2D eigenvalue weighted by Gasteiger charge is -2.05. The van der Waals surface area contributed by atoms with Crippen LogP contribution >= 0.6 is 0 Å². The molecule has 70 valence electrons. The van der Waals surface area contributed by atoms with Gasteiger partial charge in [-0.1, -0.05) is 12.2 Å². The second-order valence-corrected chi connectivity index (χ2v) is 2.67. The first-order valence-corrected chi connectivity index (χ1v) is 4.07. The van der Waals surface area contributed by atoms with E-state index in [2.05, 4.69) is 4.99 Å². The molecule has 0 amide bonds. The van der Waals surface area contributed by atoms with Gasteiger partial charge < -0.3 is 14.8 Å². The van der Waals surface area contributed by atoms with Crippen LogP contribution in [0.15, 0.2) is 28.8 Å². The van der Waals surface area contributed by atoms with Crippen molar-refractivity contribution in [2.45, 2.75) is 12.8 Å². The fourth-order valence-corrected chi connectivity index (χ4v) is 0.988. The molecule has 0 aromatic heterocycles. The largest absolute Gasteiger partial charge is 0.489 e. The lowest BCUT2D eigenvalue weighted by Crippen LogP contribution is -2.14. The van der Waals surface area contributed by atoms with Gasteiger partial charge in [-0.2, -0.15) is 0 Å². The monoisotopic (exact) mass is 181 g/mol. The van der Waals surface area contributed by atoms with Crippen molar-refractivity contribution < 1.29 is 14.8 Å². The average molecular weight is 181 g/mol. The van der Waals surface area contributed by atoms with Crippen molar-refractivity contribution >= 4 is 13.0 Å². The third-order valence-electron chi connectivity index (χ3n) is 1.73. The van der Waals surface area contributed by atoms with Gasteiger partial charge in [0.15, 0.2) is 5.90 Å². The third-order valence-corrected chi connectivity index (χ3v) is 1.73. The number of nitrogens with zero attached hydrogens (tertiary/aromatic N) is 1. The Labute approximate surface area is 77.4 Å². The first-order chi connectivity index (χ1) is 6.24. The number of allylic oxidation sites excluding steroid dienone is 3. The summed E-state index contributed by atoms with van der Waals surface area (Å²) in [5, 5.41) is 17.8. The van der Waals surface area contributed by atoms with Crippen LogP contribution in [0, 0.1) is 0 Å². The molecule has 0 aromatic carbocycles. The van der Waals surface area contributed by atoms with Crippen LogP contribution in [0.2, 0.25) is 0 Å². The van der Waals surface area contributed by atoms with Crippen molar-refractivity contribution in [3.05, 3.63) is 23.8 Å². The summed E-state index contributed by atoms with van der Waals surface area (Å²) in [6.45, 7) is 0. The molecule has 0 bridgehead atoms. The Morgan fingerprint density at radius 3 is 2.92 bits per heavy atom. The van der Waals surface area contributed by atoms with Gasteiger partial charge in [0.1, 0.15) is 0 Å². The topological polar surface area (TPSA) is 62.0 Å². The van der Waals surface area contributed by atoms with Crippen LogP contribution in [-0.2, 0) is 4.74 Å². The molecule has 0 saturated heterocycles. The van der Waals surface area contributed by atoms with Crippen molar-refractivity contribution in [1.29, 1.82) is 0 Å². The molecule has 2 N–H and O–H groups in total. The van der Waals surface area contributed by atoms with E-state index < -0.39 is 7.12 Å². The Morgan fingerprint density at radius 2 is 2.31 bits per heavy atom. The molecule has 1 heterocycles. The lowest BCUT2D eigenvalue weighted by atomic mass is 9.79. The van der Waals surface area contributed by atoms with Gasteiger partial charge in [-0.05, 0) is 6.42 Å². The lowest BCUT2D eigenvalue weighted by molar-refractivity contribution is 0.390. The Kier molecular flexibility index (Phi) is 3.73. The second kappa shape index (κ2) is 4.84. The molecular formula is C8H12BNO3. The molecule has 0 aliphatic carbocycles. The van der Waals surface area contributed by atoms with Crippen molar-refractivity contribution in [3.63, 3.8) is 0 Å². The van der Waals surface area contributed by atoms with Gasteiger partial charge in [0, 0.05) is 18.1 Å². The maximum atomic E-state index is 8.88. The number of methoxy groups -OCH3 is 1. The predicted molar refractivity (Wildman–Crippen MR) is 51.1 cm³/mol. The van der Waals surface area contributed by atoms with Crippen LogP contribution in [0.1, 0.15) is 12.8 Å². The summed E-state index contributed by atoms with van der Waals surface area (Å²) in [6, 6.07) is 0. The Bertz CT molecular complexity index is 258.